The number of aromatic nitrogens is 3. The van der Waals surface area contributed by atoms with E-state index < -0.39 is 12.0 Å². The van der Waals surface area contributed by atoms with Gasteiger partial charge in [-0.3, -0.25) is 4.40 Å². The van der Waals surface area contributed by atoms with Crippen LogP contribution in [0.4, 0.5) is 8.78 Å². The summed E-state index contributed by atoms with van der Waals surface area (Å²) in [4.78, 5) is 8.04. The average molecular weight is 268 g/mol. The fourth-order valence-electron chi connectivity index (χ4n) is 1.93. The van der Waals surface area contributed by atoms with Gasteiger partial charge in [-0.05, 0) is 12.2 Å². The van der Waals surface area contributed by atoms with E-state index in [1.165, 1.54) is 24.5 Å². The summed E-state index contributed by atoms with van der Waals surface area (Å²) in [5, 5.41) is 0.292. The quantitative estimate of drug-likeness (QED) is 0.793. The zero-order valence-electron chi connectivity index (χ0n) is 9.15. The molecule has 3 rings (SSSR count). The fraction of sp³-hybridized carbons (Fsp3) is 0.167. The van der Waals surface area contributed by atoms with Gasteiger partial charge >= 0.3 is 0 Å². The predicted molar refractivity (Wildman–Crippen MR) is 64.7 cm³/mol. The predicted octanol–water partition coefficient (Wildman–Crippen LogP) is 3.36. The van der Waals surface area contributed by atoms with Crippen molar-refractivity contribution in [3.63, 3.8) is 0 Å². The number of halogens is 3. The van der Waals surface area contributed by atoms with E-state index in [-0.39, 0.29) is 12.0 Å². The van der Waals surface area contributed by atoms with E-state index in [0.29, 0.717) is 16.5 Å². The Morgan fingerprint density at radius 1 is 1.39 bits per heavy atom. The number of imidazole rings is 1. The van der Waals surface area contributed by atoms with Crippen molar-refractivity contribution in [2.45, 2.75) is 12.6 Å². The second-order valence-corrected chi connectivity index (χ2v) is 4.31. The molecule has 2 heterocycles. The van der Waals surface area contributed by atoms with Crippen molar-refractivity contribution in [3.8, 4) is 0 Å². The molecule has 0 amide bonds. The zero-order valence-corrected chi connectivity index (χ0v) is 9.90. The number of hydrogen-bond acceptors (Lipinski definition) is 2. The summed E-state index contributed by atoms with van der Waals surface area (Å²) >= 11 is 5.91. The molecular formula is C12H8ClF2N3. The minimum Gasteiger partial charge on any atom is -0.295 e. The van der Waals surface area contributed by atoms with Crippen LogP contribution in [0.15, 0.2) is 36.6 Å². The molecule has 92 valence electrons. The SMILES string of the molecule is FC1=C(c2ncc3c(Cl)nccn23)C=CC(F)C1. The minimum atomic E-state index is -1.27. The lowest BCUT2D eigenvalue weighted by atomic mass is 10.0. The minimum absolute atomic E-state index is 0.250. The van der Waals surface area contributed by atoms with Gasteiger partial charge in [-0.15, -0.1) is 0 Å². The Hall–Kier alpha value is -1.75. The van der Waals surface area contributed by atoms with E-state index in [2.05, 4.69) is 9.97 Å². The maximum Gasteiger partial charge on any atom is 0.154 e. The Morgan fingerprint density at radius 2 is 2.22 bits per heavy atom. The van der Waals surface area contributed by atoms with Crippen LogP contribution in [-0.4, -0.2) is 20.5 Å². The van der Waals surface area contributed by atoms with Gasteiger partial charge in [-0.25, -0.2) is 18.7 Å². The van der Waals surface area contributed by atoms with Crippen LogP contribution >= 0.6 is 11.6 Å². The van der Waals surface area contributed by atoms with Crippen molar-refractivity contribution in [1.82, 2.24) is 14.4 Å². The second-order valence-electron chi connectivity index (χ2n) is 3.95. The molecule has 1 aliphatic rings. The first-order valence-corrected chi connectivity index (χ1v) is 5.73. The molecule has 6 heteroatoms. The molecule has 1 aliphatic carbocycles. The number of hydrogen-bond donors (Lipinski definition) is 0. The summed E-state index contributed by atoms with van der Waals surface area (Å²) in [6.07, 6.45) is 5.86. The van der Waals surface area contributed by atoms with Gasteiger partial charge in [0, 0.05) is 24.4 Å². The number of fused-ring (bicyclic) bond motifs is 1. The van der Waals surface area contributed by atoms with E-state index in [1.54, 1.807) is 10.6 Å². The third kappa shape index (κ3) is 1.71. The first-order chi connectivity index (χ1) is 8.66. The summed E-state index contributed by atoms with van der Waals surface area (Å²) in [6, 6.07) is 0. The van der Waals surface area contributed by atoms with Gasteiger partial charge in [0.25, 0.3) is 0 Å². The highest BCUT2D eigenvalue weighted by molar-refractivity contribution is 6.32. The molecule has 2 aromatic rings. The van der Waals surface area contributed by atoms with Crippen LogP contribution in [-0.2, 0) is 0 Å². The Balaban J connectivity index is 2.19. The molecule has 1 unspecified atom stereocenters. The van der Waals surface area contributed by atoms with Gasteiger partial charge in [0.2, 0.25) is 0 Å². The van der Waals surface area contributed by atoms with Crippen LogP contribution in [0.1, 0.15) is 12.2 Å². The monoisotopic (exact) mass is 267 g/mol. The molecule has 18 heavy (non-hydrogen) atoms. The smallest absolute Gasteiger partial charge is 0.154 e. The van der Waals surface area contributed by atoms with Crippen LogP contribution in [0.3, 0.4) is 0 Å². The van der Waals surface area contributed by atoms with Crippen molar-refractivity contribution in [1.29, 1.82) is 0 Å². The number of allylic oxidation sites excluding steroid dienone is 4. The third-order valence-electron chi connectivity index (χ3n) is 2.79. The van der Waals surface area contributed by atoms with Gasteiger partial charge in [-0.2, -0.15) is 0 Å². The maximum atomic E-state index is 13.8. The molecule has 0 N–H and O–H groups in total. The number of nitrogens with zero attached hydrogens (tertiary/aromatic N) is 3. The Kier molecular flexibility index (Phi) is 2.63. The highest BCUT2D eigenvalue weighted by atomic mass is 35.5. The molecule has 0 aromatic carbocycles. The topological polar surface area (TPSA) is 30.2 Å². The van der Waals surface area contributed by atoms with E-state index in [0.717, 1.165) is 0 Å². The van der Waals surface area contributed by atoms with Crippen LogP contribution in [0.5, 0.6) is 0 Å². The van der Waals surface area contributed by atoms with Crippen molar-refractivity contribution >= 4 is 22.7 Å². The molecule has 0 radical (unpaired) electrons. The van der Waals surface area contributed by atoms with Gasteiger partial charge in [0.05, 0.1) is 6.20 Å². The van der Waals surface area contributed by atoms with Gasteiger partial charge in [0.1, 0.15) is 23.3 Å². The maximum absolute atomic E-state index is 13.8. The van der Waals surface area contributed by atoms with Crippen molar-refractivity contribution in [2.24, 2.45) is 0 Å². The van der Waals surface area contributed by atoms with Gasteiger partial charge < -0.3 is 0 Å². The molecule has 0 fully saturated rings. The van der Waals surface area contributed by atoms with Gasteiger partial charge in [0.15, 0.2) is 5.15 Å². The van der Waals surface area contributed by atoms with E-state index in [4.69, 9.17) is 11.6 Å². The largest absolute Gasteiger partial charge is 0.295 e. The first-order valence-electron chi connectivity index (χ1n) is 5.35. The van der Waals surface area contributed by atoms with Crippen LogP contribution in [0.2, 0.25) is 5.15 Å². The standard InChI is InChI=1S/C12H8ClF2N3/c13-11-10-6-17-12(18(10)4-3-16-11)8-2-1-7(14)5-9(8)15/h1-4,6-7H,5H2. The fourth-order valence-corrected chi connectivity index (χ4v) is 2.13. The van der Waals surface area contributed by atoms with Gasteiger partial charge in [-0.1, -0.05) is 11.6 Å². The third-order valence-corrected chi connectivity index (χ3v) is 3.08. The number of alkyl halides is 1. The molecule has 0 saturated carbocycles. The van der Waals surface area contributed by atoms with Crippen LogP contribution < -0.4 is 0 Å². The molecule has 0 spiro atoms. The lowest BCUT2D eigenvalue weighted by Crippen LogP contribution is -2.04. The highest BCUT2D eigenvalue weighted by Crippen LogP contribution is 2.30. The molecule has 3 nitrogen and oxygen atoms in total. The Bertz CT molecular complexity index is 675. The Morgan fingerprint density at radius 3 is 3.00 bits per heavy atom. The molecule has 0 bridgehead atoms. The van der Waals surface area contributed by atoms with E-state index in [1.807, 2.05) is 0 Å². The van der Waals surface area contributed by atoms with E-state index >= 15 is 0 Å². The van der Waals surface area contributed by atoms with Crippen LogP contribution in [0, 0.1) is 0 Å². The summed E-state index contributed by atoms with van der Waals surface area (Å²) < 4.78 is 28.4. The zero-order chi connectivity index (χ0) is 12.7. The Labute approximate surface area is 106 Å². The van der Waals surface area contributed by atoms with Crippen LogP contribution in [0.25, 0.3) is 11.1 Å². The summed E-state index contributed by atoms with van der Waals surface area (Å²) in [7, 11) is 0. The van der Waals surface area contributed by atoms with Crippen molar-refractivity contribution in [2.75, 3.05) is 0 Å². The lowest BCUT2D eigenvalue weighted by molar-refractivity contribution is 0.370. The molecule has 0 aliphatic heterocycles. The summed E-state index contributed by atoms with van der Waals surface area (Å²) in [6.45, 7) is 0. The van der Waals surface area contributed by atoms with Crippen molar-refractivity contribution in [3.05, 3.63) is 47.5 Å². The molecular weight excluding hydrogens is 260 g/mol. The molecule has 0 saturated heterocycles. The van der Waals surface area contributed by atoms with Crippen molar-refractivity contribution < 1.29 is 8.78 Å². The average Bonchev–Trinajstić information content (AvgIpc) is 2.74. The lowest BCUT2D eigenvalue weighted by Gasteiger charge is -2.11. The second kappa shape index (κ2) is 4.17. The normalized spacial score (nSPS) is 19.8. The first kappa shape index (κ1) is 11.3. The molecule has 2 aromatic heterocycles. The van der Waals surface area contributed by atoms with E-state index in [9.17, 15) is 8.78 Å². The number of rotatable bonds is 1. The summed E-state index contributed by atoms with van der Waals surface area (Å²) in [5.74, 6) is -0.111. The summed E-state index contributed by atoms with van der Waals surface area (Å²) in [5.41, 5.74) is 0.872. The molecule has 1 atom stereocenters. The highest BCUT2D eigenvalue weighted by Gasteiger charge is 2.20.